The first-order valence-corrected chi connectivity index (χ1v) is 29.5. The molecule has 2 fully saturated rings. The van der Waals surface area contributed by atoms with E-state index in [9.17, 15) is 4.79 Å². The largest absolute Gasteiger partial charge is 0.494 e. The summed E-state index contributed by atoms with van der Waals surface area (Å²) in [6.07, 6.45) is 22.2. The van der Waals surface area contributed by atoms with Gasteiger partial charge in [-0.15, -0.1) is 20.4 Å². The van der Waals surface area contributed by atoms with Crippen LogP contribution in [0.5, 0.6) is 5.75 Å². The van der Waals surface area contributed by atoms with Crippen LogP contribution in [0.1, 0.15) is 160 Å². The van der Waals surface area contributed by atoms with Crippen molar-refractivity contribution in [1.82, 2.24) is 29.5 Å². The van der Waals surface area contributed by atoms with E-state index in [1.165, 1.54) is 118 Å². The molecular formula is C70H78N6O2. The molecule has 0 unspecified atom stereocenters. The van der Waals surface area contributed by atoms with Crippen LogP contribution in [0.2, 0.25) is 0 Å². The van der Waals surface area contributed by atoms with Gasteiger partial charge in [-0.2, -0.15) is 0 Å². The van der Waals surface area contributed by atoms with Crippen molar-refractivity contribution in [2.45, 2.75) is 155 Å². The average Bonchev–Trinajstić information content (AvgIpc) is 3.59. The lowest BCUT2D eigenvalue weighted by Crippen LogP contribution is -2.62. The highest BCUT2D eigenvalue weighted by atomic mass is 16.5. The summed E-state index contributed by atoms with van der Waals surface area (Å²) in [5.74, 6) is 4.46. The molecule has 2 aromatic heterocycles. The van der Waals surface area contributed by atoms with E-state index < -0.39 is 0 Å². The third kappa shape index (κ3) is 9.68. The summed E-state index contributed by atoms with van der Waals surface area (Å²) in [6.45, 7) is 13.2. The van der Waals surface area contributed by atoms with Gasteiger partial charge in [-0.25, -0.2) is 0 Å². The highest BCUT2D eigenvalue weighted by Crippen LogP contribution is 2.76. The summed E-state index contributed by atoms with van der Waals surface area (Å²) in [7, 11) is 0. The maximum atomic E-state index is 11.8. The van der Waals surface area contributed by atoms with Crippen molar-refractivity contribution in [3.63, 3.8) is 0 Å². The third-order valence-corrected chi connectivity index (χ3v) is 18.2. The summed E-state index contributed by atoms with van der Waals surface area (Å²) < 4.78 is 10.6. The van der Waals surface area contributed by atoms with Crippen LogP contribution in [0.4, 0.5) is 0 Å². The van der Waals surface area contributed by atoms with Crippen molar-refractivity contribution < 1.29 is 9.53 Å². The lowest BCUT2D eigenvalue weighted by atomic mass is 9.36. The van der Waals surface area contributed by atoms with E-state index in [4.69, 9.17) is 20.0 Å². The molecule has 11 rings (SSSR count). The van der Waals surface area contributed by atoms with E-state index >= 15 is 0 Å². The number of hydrogen-bond acceptors (Lipinski definition) is 6. The fraction of sp³-hybridized carbons (Fsp3) is 0.386. The maximum absolute atomic E-state index is 11.8. The monoisotopic (exact) mass is 1030 g/mol. The number of aromatic nitrogens is 6. The van der Waals surface area contributed by atoms with Crippen molar-refractivity contribution >= 4 is 5.78 Å². The first-order valence-electron chi connectivity index (χ1n) is 29.5. The smallest absolute Gasteiger partial charge is 0.168 e. The fourth-order valence-electron chi connectivity index (χ4n) is 15.0. The number of Topliss-reactive ketones (excluding diaryl/α,β-unsaturated/α-hetero) is 1. The van der Waals surface area contributed by atoms with E-state index in [0.717, 1.165) is 82.8 Å². The number of carbonyl (C=O) groups excluding carboxylic acids is 1. The van der Waals surface area contributed by atoms with Gasteiger partial charge >= 0.3 is 0 Å². The van der Waals surface area contributed by atoms with E-state index in [1.54, 1.807) is 12.5 Å². The Morgan fingerprint density at radius 3 is 1.53 bits per heavy atom. The van der Waals surface area contributed by atoms with Gasteiger partial charge in [-0.3, -0.25) is 13.9 Å². The van der Waals surface area contributed by atoms with Gasteiger partial charge in [-0.05, 0) is 176 Å². The number of rotatable bonds is 23. The Morgan fingerprint density at radius 1 is 0.526 bits per heavy atom. The molecule has 0 saturated heterocycles. The molecule has 0 atom stereocenters. The predicted molar refractivity (Wildman–Crippen MR) is 318 cm³/mol. The van der Waals surface area contributed by atoms with Gasteiger partial charge in [0, 0.05) is 39.9 Å². The fourth-order valence-corrected chi connectivity index (χ4v) is 15.0. The van der Waals surface area contributed by atoms with Crippen LogP contribution in [-0.4, -0.2) is 41.9 Å². The topological polar surface area (TPSA) is 87.7 Å². The van der Waals surface area contributed by atoms with Crippen molar-refractivity contribution in [2.75, 3.05) is 6.61 Å². The van der Waals surface area contributed by atoms with Gasteiger partial charge in [0.1, 0.15) is 11.6 Å². The minimum Gasteiger partial charge on any atom is -0.494 e. The third-order valence-electron chi connectivity index (χ3n) is 18.2. The number of benzene rings is 6. The van der Waals surface area contributed by atoms with Crippen LogP contribution in [0.25, 0.3) is 67.8 Å². The van der Waals surface area contributed by atoms with Gasteiger partial charge < -0.3 is 4.74 Å². The van der Waals surface area contributed by atoms with Crippen molar-refractivity contribution in [3.05, 3.63) is 175 Å². The van der Waals surface area contributed by atoms with Crippen LogP contribution in [0.3, 0.4) is 0 Å². The van der Waals surface area contributed by atoms with E-state index in [2.05, 4.69) is 187 Å². The number of ether oxygens (including phenoxy) is 1. The molecule has 0 aliphatic heterocycles. The summed E-state index contributed by atoms with van der Waals surface area (Å²) in [6, 6.07) is 53.2. The van der Waals surface area contributed by atoms with Crippen LogP contribution in [0.15, 0.2) is 158 Å². The minimum atomic E-state index is -0.130. The molecule has 3 aliphatic rings. The minimum absolute atomic E-state index is 0.130. The molecule has 400 valence electrons. The van der Waals surface area contributed by atoms with Crippen LogP contribution >= 0.6 is 0 Å². The second-order valence-electron chi connectivity index (χ2n) is 23.0. The van der Waals surface area contributed by atoms with Crippen molar-refractivity contribution in [2.24, 2.45) is 10.8 Å². The zero-order chi connectivity index (χ0) is 53.7. The Labute approximate surface area is 463 Å². The Kier molecular flexibility index (Phi) is 15.6. The molecule has 2 saturated carbocycles. The molecule has 8 heteroatoms. The molecule has 2 bridgehead atoms. The first-order chi connectivity index (χ1) is 38.2. The number of allylic oxidation sites excluding steroid dienone is 1. The molecule has 8 aromatic rings. The molecule has 8 nitrogen and oxygen atoms in total. The van der Waals surface area contributed by atoms with Gasteiger partial charge in [-0.1, -0.05) is 170 Å². The standard InChI is InChI=1S/C70H78N6O2/c1-6-41-68-43-22-45-69(42-7-2,46-23-44-68)70(68)62-48-55(35-39-60(62)61-40-36-56(49-63(61)70)67-72-71-51(5)75(67)57-24-16-14-17-25-57)52-29-31-53(32-30-52)65-73-74-66(76(65)58-26-18-15-19-27-58)54-33-37-59(38-34-54)78-47-21-13-11-9-8-10-12-20-28-64(77)50(3)4/h14-19,24-27,29-40,48-49H,3,6-13,20-23,28,41-47H2,1-2,4-5H3. The Balaban J connectivity index is 0.870. The first kappa shape index (κ1) is 52.8. The lowest BCUT2D eigenvalue weighted by Gasteiger charge is -2.67. The van der Waals surface area contributed by atoms with Gasteiger partial charge in [0.05, 0.1) is 6.61 Å². The number of carbonyl (C=O) groups is 1. The zero-order valence-corrected chi connectivity index (χ0v) is 46.7. The Bertz CT molecular complexity index is 3330. The molecular weight excluding hydrogens is 957 g/mol. The van der Waals surface area contributed by atoms with Crippen LogP contribution in [0, 0.1) is 17.8 Å². The summed E-state index contributed by atoms with van der Waals surface area (Å²) in [5.41, 5.74) is 14.4. The molecule has 6 aromatic carbocycles. The quantitative estimate of drug-likeness (QED) is 0.0468. The predicted octanol–water partition coefficient (Wildman–Crippen LogP) is 18.1. The van der Waals surface area contributed by atoms with Crippen molar-refractivity contribution in [1.29, 1.82) is 0 Å². The summed E-state index contributed by atoms with van der Waals surface area (Å²) in [4.78, 5) is 11.8. The SMILES string of the molecule is C=C(C)C(=O)CCCCCCCCCCOc1ccc(-c2nnc(-c3ccc(-c4ccc5c(c4)C4(c6cc(-c7nnc(C)n7-c7ccccc7)ccc6-5)C5(CCC)CCCC4(CCC)CCC5)cc3)n2-c2ccccc2)cc1. The number of aryl methyl sites for hydroxylation is 1. The Morgan fingerprint density at radius 2 is 0.974 bits per heavy atom. The van der Waals surface area contributed by atoms with Crippen molar-refractivity contribution in [3.8, 4) is 73.5 Å². The number of hydrogen-bond donors (Lipinski definition) is 0. The van der Waals surface area contributed by atoms with Crippen LogP contribution in [-0.2, 0) is 10.2 Å². The summed E-state index contributed by atoms with van der Waals surface area (Å²) >= 11 is 0. The molecule has 0 N–H and O–H groups in total. The zero-order valence-electron chi connectivity index (χ0n) is 46.7. The second-order valence-corrected chi connectivity index (χ2v) is 23.0. The van der Waals surface area contributed by atoms with E-state index in [0.29, 0.717) is 18.6 Å². The Hall–Kier alpha value is -7.19. The molecule has 0 amide bonds. The number of nitrogens with zero attached hydrogens (tertiary/aromatic N) is 6. The molecule has 78 heavy (non-hydrogen) atoms. The normalized spacial score (nSPS) is 19.2. The number of para-hydroxylation sites is 2. The molecule has 0 radical (unpaired) electrons. The summed E-state index contributed by atoms with van der Waals surface area (Å²) in [5, 5.41) is 19.3. The van der Waals surface area contributed by atoms with Gasteiger partial charge in [0.2, 0.25) is 0 Å². The van der Waals surface area contributed by atoms with Crippen LogP contribution < -0.4 is 4.74 Å². The lowest BCUT2D eigenvalue weighted by molar-refractivity contribution is -0.115. The second kappa shape index (κ2) is 23.0. The number of fused-ring (bicyclic) bond motifs is 3. The molecule has 3 aliphatic carbocycles. The molecule has 2 heterocycles. The number of ketones is 1. The van der Waals surface area contributed by atoms with Gasteiger partial charge in [0.25, 0.3) is 0 Å². The molecule has 1 spiro atoms. The average molecular weight is 1040 g/mol. The highest BCUT2D eigenvalue weighted by molar-refractivity contribution is 5.94. The van der Waals surface area contributed by atoms with E-state index in [-0.39, 0.29) is 22.0 Å². The van der Waals surface area contributed by atoms with E-state index in [1.807, 2.05) is 0 Å². The van der Waals surface area contributed by atoms with Gasteiger partial charge in [0.15, 0.2) is 23.3 Å². The highest BCUT2D eigenvalue weighted by Gasteiger charge is 2.69. The maximum Gasteiger partial charge on any atom is 0.168 e. The number of unbranched alkanes of at least 4 members (excludes halogenated alkanes) is 7.